The highest BCUT2D eigenvalue weighted by Crippen LogP contribution is 2.36. The smallest absolute Gasteiger partial charge is 0.310 e. The number of carbonyl (C=O) groups is 1. The minimum atomic E-state index is -0.606. The van der Waals surface area contributed by atoms with Crippen molar-refractivity contribution in [3.8, 4) is 0 Å². The molecule has 1 heterocycles. The van der Waals surface area contributed by atoms with Crippen molar-refractivity contribution in [2.24, 2.45) is 5.41 Å². The van der Waals surface area contributed by atoms with Crippen LogP contribution in [0.4, 0.5) is 0 Å². The Bertz CT molecular complexity index is 528. The molecular formula is C18H25NO2. The Morgan fingerprint density at radius 3 is 2.86 bits per heavy atom. The fraction of sp³-hybridized carbons (Fsp3) is 0.611. The minimum Gasteiger partial charge on any atom is -0.481 e. The summed E-state index contributed by atoms with van der Waals surface area (Å²) in [6.07, 6.45) is 5.95. The zero-order chi connectivity index (χ0) is 14.9. The maximum Gasteiger partial charge on any atom is 0.310 e. The predicted octanol–water partition coefficient (Wildman–Crippen LogP) is 3.12. The van der Waals surface area contributed by atoms with Crippen LogP contribution in [-0.2, 0) is 17.6 Å². The second-order valence-electron chi connectivity index (χ2n) is 6.68. The summed E-state index contributed by atoms with van der Waals surface area (Å²) in [4.78, 5) is 14.2. The lowest BCUT2D eigenvalue weighted by molar-refractivity contribution is -0.153. The number of likely N-dealkylation sites (tertiary alicyclic amines) is 1. The third-order valence-electron chi connectivity index (χ3n) is 5.57. The zero-order valence-corrected chi connectivity index (χ0v) is 12.8. The highest BCUT2D eigenvalue weighted by atomic mass is 16.4. The van der Waals surface area contributed by atoms with Gasteiger partial charge in [-0.3, -0.25) is 9.69 Å². The number of carboxylic acid groups (broad SMARTS) is 1. The first kappa shape index (κ1) is 14.6. The quantitative estimate of drug-likeness (QED) is 0.928. The number of carboxylic acids is 1. The second-order valence-corrected chi connectivity index (χ2v) is 6.68. The molecule has 0 aromatic heterocycles. The van der Waals surface area contributed by atoms with Gasteiger partial charge in [-0.1, -0.05) is 31.2 Å². The molecule has 1 aromatic rings. The van der Waals surface area contributed by atoms with E-state index >= 15 is 0 Å². The van der Waals surface area contributed by atoms with Gasteiger partial charge in [0.1, 0.15) is 0 Å². The molecular weight excluding hydrogens is 262 g/mol. The van der Waals surface area contributed by atoms with Crippen LogP contribution in [-0.4, -0.2) is 35.1 Å². The number of nitrogens with zero attached hydrogens (tertiary/aromatic N) is 1. The van der Waals surface area contributed by atoms with Gasteiger partial charge in [0.15, 0.2) is 0 Å². The van der Waals surface area contributed by atoms with E-state index in [1.807, 2.05) is 6.92 Å². The molecule has 21 heavy (non-hydrogen) atoms. The van der Waals surface area contributed by atoms with Crippen LogP contribution in [0.25, 0.3) is 0 Å². The SMILES string of the molecule is CCC1(C(=O)O)CCCN(C2CCc3ccccc3C2)C1. The third kappa shape index (κ3) is 2.71. The normalized spacial score (nSPS) is 29.9. The lowest BCUT2D eigenvalue weighted by Gasteiger charge is -2.44. The summed E-state index contributed by atoms with van der Waals surface area (Å²) < 4.78 is 0. The summed E-state index contributed by atoms with van der Waals surface area (Å²) in [7, 11) is 0. The van der Waals surface area contributed by atoms with Crippen LogP contribution in [0.3, 0.4) is 0 Å². The Balaban J connectivity index is 1.75. The molecule has 3 heteroatoms. The van der Waals surface area contributed by atoms with Gasteiger partial charge in [-0.2, -0.15) is 0 Å². The molecule has 3 rings (SSSR count). The van der Waals surface area contributed by atoms with Crippen molar-refractivity contribution in [2.45, 2.75) is 51.5 Å². The van der Waals surface area contributed by atoms with Crippen molar-refractivity contribution >= 4 is 5.97 Å². The molecule has 1 saturated heterocycles. The van der Waals surface area contributed by atoms with E-state index in [-0.39, 0.29) is 0 Å². The van der Waals surface area contributed by atoms with Crippen molar-refractivity contribution in [3.63, 3.8) is 0 Å². The number of hydrogen-bond donors (Lipinski definition) is 1. The molecule has 1 fully saturated rings. The summed E-state index contributed by atoms with van der Waals surface area (Å²) in [5.41, 5.74) is 2.41. The van der Waals surface area contributed by atoms with E-state index in [0.29, 0.717) is 6.04 Å². The number of fused-ring (bicyclic) bond motifs is 1. The van der Waals surface area contributed by atoms with Gasteiger partial charge in [0.05, 0.1) is 5.41 Å². The van der Waals surface area contributed by atoms with Crippen molar-refractivity contribution in [1.82, 2.24) is 4.90 Å². The molecule has 2 atom stereocenters. The molecule has 3 nitrogen and oxygen atoms in total. The van der Waals surface area contributed by atoms with E-state index in [4.69, 9.17) is 0 Å². The molecule has 0 spiro atoms. The summed E-state index contributed by atoms with van der Waals surface area (Å²) >= 11 is 0. The van der Waals surface area contributed by atoms with Gasteiger partial charge < -0.3 is 5.11 Å². The molecule has 2 aliphatic rings. The van der Waals surface area contributed by atoms with Gasteiger partial charge >= 0.3 is 5.97 Å². The van der Waals surface area contributed by atoms with Gasteiger partial charge in [-0.05, 0) is 56.2 Å². The Morgan fingerprint density at radius 2 is 2.14 bits per heavy atom. The number of aliphatic carboxylic acids is 1. The average molecular weight is 287 g/mol. The first-order valence-electron chi connectivity index (χ1n) is 8.19. The number of hydrogen-bond acceptors (Lipinski definition) is 2. The fourth-order valence-electron chi connectivity index (χ4n) is 4.08. The van der Waals surface area contributed by atoms with E-state index in [1.54, 1.807) is 0 Å². The molecule has 0 amide bonds. The zero-order valence-electron chi connectivity index (χ0n) is 12.8. The molecule has 1 aliphatic carbocycles. The fourth-order valence-corrected chi connectivity index (χ4v) is 4.08. The van der Waals surface area contributed by atoms with Crippen molar-refractivity contribution in [1.29, 1.82) is 0 Å². The van der Waals surface area contributed by atoms with E-state index in [9.17, 15) is 9.90 Å². The molecule has 2 unspecified atom stereocenters. The first-order chi connectivity index (χ1) is 10.1. The van der Waals surface area contributed by atoms with Crippen molar-refractivity contribution in [2.75, 3.05) is 13.1 Å². The summed E-state index contributed by atoms with van der Waals surface area (Å²) in [5, 5.41) is 9.64. The lowest BCUT2D eigenvalue weighted by Crippen LogP contribution is -2.52. The topological polar surface area (TPSA) is 40.5 Å². The monoisotopic (exact) mass is 287 g/mol. The first-order valence-corrected chi connectivity index (χ1v) is 8.19. The summed E-state index contributed by atoms with van der Waals surface area (Å²) in [6, 6.07) is 9.22. The maximum atomic E-state index is 11.7. The highest BCUT2D eigenvalue weighted by molar-refractivity contribution is 5.75. The van der Waals surface area contributed by atoms with Crippen LogP contribution in [0, 0.1) is 5.41 Å². The van der Waals surface area contributed by atoms with E-state index in [2.05, 4.69) is 29.2 Å². The van der Waals surface area contributed by atoms with E-state index < -0.39 is 11.4 Å². The Morgan fingerprint density at radius 1 is 1.38 bits per heavy atom. The van der Waals surface area contributed by atoms with Crippen molar-refractivity contribution in [3.05, 3.63) is 35.4 Å². The van der Waals surface area contributed by atoms with Crippen LogP contribution < -0.4 is 0 Å². The molecule has 1 aromatic carbocycles. The molecule has 1 N–H and O–H groups in total. The Labute approximate surface area is 127 Å². The highest BCUT2D eigenvalue weighted by Gasteiger charge is 2.42. The maximum absolute atomic E-state index is 11.7. The third-order valence-corrected chi connectivity index (χ3v) is 5.57. The number of rotatable bonds is 3. The molecule has 0 saturated carbocycles. The second kappa shape index (κ2) is 5.80. The number of aryl methyl sites for hydroxylation is 1. The molecule has 0 radical (unpaired) electrons. The minimum absolute atomic E-state index is 0.519. The summed E-state index contributed by atoms with van der Waals surface area (Å²) in [5.74, 6) is -0.606. The largest absolute Gasteiger partial charge is 0.481 e. The van der Waals surface area contributed by atoms with Gasteiger partial charge in [-0.15, -0.1) is 0 Å². The Kier molecular flexibility index (Phi) is 4.03. The van der Waals surface area contributed by atoms with Gasteiger partial charge in [0, 0.05) is 12.6 Å². The van der Waals surface area contributed by atoms with Crippen LogP contribution in [0.2, 0.25) is 0 Å². The lowest BCUT2D eigenvalue weighted by atomic mass is 9.76. The van der Waals surface area contributed by atoms with E-state index in [0.717, 1.165) is 51.6 Å². The Hall–Kier alpha value is -1.35. The number of piperidine rings is 1. The average Bonchev–Trinajstić information content (AvgIpc) is 2.54. The van der Waals surface area contributed by atoms with E-state index in [1.165, 1.54) is 11.1 Å². The number of benzene rings is 1. The van der Waals surface area contributed by atoms with Gasteiger partial charge in [0.2, 0.25) is 0 Å². The van der Waals surface area contributed by atoms with Gasteiger partial charge in [-0.25, -0.2) is 0 Å². The van der Waals surface area contributed by atoms with Gasteiger partial charge in [0.25, 0.3) is 0 Å². The van der Waals surface area contributed by atoms with Crippen LogP contribution in [0.1, 0.15) is 43.7 Å². The molecule has 0 bridgehead atoms. The van der Waals surface area contributed by atoms with Crippen LogP contribution >= 0.6 is 0 Å². The predicted molar refractivity (Wildman–Crippen MR) is 83.4 cm³/mol. The molecule has 1 aliphatic heterocycles. The molecule has 114 valence electrons. The van der Waals surface area contributed by atoms with Crippen LogP contribution in [0.15, 0.2) is 24.3 Å². The van der Waals surface area contributed by atoms with Crippen LogP contribution in [0.5, 0.6) is 0 Å². The van der Waals surface area contributed by atoms with Crippen molar-refractivity contribution < 1.29 is 9.90 Å². The standard InChI is InChI=1S/C18H25NO2/c1-2-18(17(20)21)10-5-11-19(13-18)16-9-8-14-6-3-4-7-15(14)12-16/h3-4,6-7,16H,2,5,8-13H2,1H3,(H,20,21). The summed E-state index contributed by atoms with van der Waals surface area (Å²) in [6.45, 7) is 3.81.